The molecule has 0 aliphatic heterocycles. The summed E-state index contributed by atoms with van der Waals surface area (Å²) in [5, 5.41) is 12.6. The lowest BCUT2D eigenvalue weighted by Gasteiger charge is -2.33. The van der Waals surface area contributed by atoms with Gasteiger partial charge >= 0.3 is 5.97 Å². The molecule has 0 bridgehead atoms. The van der Waals surface area contributed by atoms with E-state index in [0.29, 0.717) is 28.1 Å². The number of aliphatic hydroxyl groups excluding tert-OH is 1. The largest absolute Gasteiger partial charge is 0.466 e. The summed E-state index contributed by atoms with van der Waals surface area (Å²) in [5.41, 5.74) is 1.40. The number of rotatable bonds is 8. The van der Waals surface area contributed by atoms with E-state index < -0.39 is 18.1 Å². The van der Waals surface area contributed by atoms with E-state index in [9.17, 15) is 14.7 Å². The standard InChI is InChI=1S/C24H23ClN2O4S/c1-31-21(29)12-11-20(28)27(14-15-9-10-15)22(23(30)16-5-4-6-17(25)13-16)24-26-18-7-2-3-8-19(18)32-24/h2-8,11-13,15,22-23,30H,9-10,14H2,1H3. The molecule has 0 radical (unpaired) electrons. The Bertz CT molecular complexity index is 1120. The fourth-order valence-electron chi connectivity index (χ4n) is 3.55. The van der Waals surface area contributed by atoms with Crippen LogP contribution in [0.15, 0.2) is 60.7 Å². The molecule has 0 saturated heterocycles. The van der Waals surface area contributed by atoms with Crippen molar-refractivity contribution in [2.24, 2.45) is 5.92 Å². The molecule has 166 valence electrons. The first-order chi connectivity index (χ1) is 15.5. The molecule has 8 heteroatoms. The molecule has 4 rings (SSSR count). The van der Waals surface area contributed by atoms with Gasteiger partial charge in [-0.15, -0.1) is 11.3 Å². The predicted molar refractivity (Wildman–Crippen MR) is 124 cm³/mol. The quantitative estimate of drug-likeness (QED) is 0.381. The number of hydrogen-bond acceptors (Lipinski definition) is 6. The van der Waals surface area contributed by atoms with Crippen LogP contribution in [-0.2, 0) is 14.3 Å². The van der Waals surface area contributed by atoms with E-state index in [4.69, 9.17) is 16.6 Å². The normalized spacial score (nSPS) is 15.6. The van der Waals surface area contributed by atoms with Crippen molar-refractivity contribution in [3.63, 3.8) is 0 Å². The summed E-state index contributed by atoms with van der Waals surface area (Å²) in [4.78, 5) is 31.2. The molecule has 1 fully saturated rings. The lowest BCUT2D eigenvalue weighted by molar-refractivity contribution is -0.136. The molecule has 1 saturated carbocycles. The highest BCUT2D eigenvalue weighted by Crippen LogP contribution is 2.41. The van der Waals surface area contributed by atoms with Gasteiger partial charge in [0.1, 0.15) is 17.2 Å². The fourth-order valence-corrected chi connectivity index (χ4v) is 4.86. The summed E-state index contributed by atoms with van der Waals surface area (Å²) in [6.45, 7) is 0.461. The van der Waals surface area contributed by atoms with Crippen LogP contribution < -0.4 is 0 Å². The number of amides is 1. The fraction of sp³-hybridized carbons (Fsp3) is 0.292. The average molecular weight is 471 g/mol. The minimum Gasteiger partial charge on any atom is -0.466 e. The highest BCUT2D eigenvalue weighted by molar-refractivity contribution is 7.18. The van der Waals surface area contributed by atoms with Gasteiger partial charge in [0.25, 0.3) is 0 Å². The summed E-state index contributed by atoms with van der Waals surface area (Å²) < 4.78 is 5.59. The Morgan fingerprint density at radius 3 is 2.72 bits per heavy atom. The molecule has 3 aromatic rings. The Balaban J connectivity index is 1.78. The van der Waals surface area contributed by atoms with Gasteiger partial charge < -0.3 is 14.7 Å². The van der Waals surface area contributed by atoms with Crippen molar-refractivity contribution < 1.29 is 19.4 Å². The predicted octanol–water partition coefficient (Wildman–Crippen LogP) is 4.69. The van der Waals surface area contributed by atoms with Crippen molar-refractivity contribution in [3.05, 3.63) is 76.3 Å². The molecule has 32 heavy (non-hydrogen) atoms. The van der Waals surface area contributed by atoms with E-state index in [1.807, 2.05) is 24.3 Å². The second kappa shape index (κ2) is 9.81. The van der Waals surface area contributed by atoms with Gasteiger partial charge in [-0.3, -0.25) is 4.79 Å². The van der Waals surface area contributed by atoms with E-state index in [0.717, 1.165) is 29.1 Å². The number of aliphatic hydroxyl groups is 1. The second-order valence-electron chi connectivity index (χ2n) is 7.75. The Kier molecular flexibility index (Phi) is 6.89. The molecule has 0 spiro atoms. The molecule has 2 atom stereocenters. The maximum Gasteiger partial charge on any atom is 0.330 e. The summed E-state index contributed by atoms with van der Waals surface area (Å²) in [5.74, 6) is -0.641. The molecule has 2 aromatic carbocycles. The van der Waals surface area contributed by atoms with Crippen molar-refractivity contribution in [3.8, 4) is 0 Å². The van der Waals surface area contributed by atoms with Gasteiger partial charge in [-0.2, -0.15) is 0 Å². The summed E-state index contributed by atoms with van der Waals surface area (Å²) in [6.07, 6.45) is 3.28. The number of benzene rings is 2. The van der Waals surface area contributed by atoms with Crippen LogP contribution in [-0.4, -0.2) is 40.5 Å². The first-order valence-electron chi connectivity index (χ1n) is 10.3. The summed E-state index contributed by atoms with van der Waals surface area (Å²) in [6, 6.07) is 13.9. The van der Waals surface area contributed by atoms with Gasteiger partial charge in [-0.25, -0.2) is 9.78 Å². The highest BCUT2D eigenvalue weighted by Gasteiger charge is 2.37. The van der Waals surface area contributed by atoms with Crippen LogP contribution in [0.1, 0.15) is 35.6 Å². The first kappa shape index (κ1) is 22.5. The minimum absolute atomic E-state index is 0.355. The average Bonchev–Trinajstić information content (AvgIpc) is 3.52. The Morgan fingerprint density at radius 1 is 1.25 bits per heavy atom. The number of para-hydroxylation sites is 1. The van der Waals surface area contributed by atoms with Gasteiger partial charge in [0.2, 0.25) is 5.91 Å². The number of halogens is 1. The third-order valence-electron chi connectivity index (χ3n) is 5.39. The highest BCUT2D eigenvalue weighted by atomic mass is 35.5. The Labute approximate surface area is 195 Å². The van der Waals surface area contributed by atoms with E-state index in [2.05, 4.69) is 4.74 Å². The van der Waals surface area contributed by atoms with E-state index in [-0.39, 0.29) is 5.91 Å². The zero-order valence-electron chi connectivity index (χ0n) is 17.5. The molecule has 6 nitrogen and oxygen atoms in total. The maximum absolute atomic E-state index is 13.2. The van der Waals surface area contributed by atoms with Crippen LogP contribution in [0.2, 0.25) is 5.02 Å². The smallest absolute Gasteiger partial charge is 0.330 e. The molecule has 2 unspecified atom stereocenters. The monoisotopic (exact) mass is 470 g/mol. The number of carbonyl (C=O) groups is 2. The number of aromatic nitrogens is 1. The molecule has 1 aliphatic carbocycles. The number of ether oxygens (including phenoxy) is 1. The molecule has 1 heterocycles. The summed E-state index contributed by atoms with van der Waals surface area (Å²) >= 11 is 7.61. The third kappa shape index (κ3) is 5.18. The van der Waals surface area contributed by atoms with Crippen LogP contribution in [0.4, 0.5) is 0 Å². The lowest BCUT2D eigenvalue weighted by Crippen LogP contribution is -2.38. The molecule has 1 amide bonds. The Morgan fingerprint density at radius 2 is 2.03 bits per heavy atom. The SMILES string of the molecule is COC(=O)C=CC(=O)N(CC1CC1)C(c1nc2ccccc2s1)C(O)c1cccc(Cl)c1. The number of methoxy groups -OCH3 is 1. The van der Waals surface area contributed by atoms with Crippen LogP contribution >= 0.6 is 22.9 Å². The van der Waals surface area contributed by atoms with Crippen LogP contribution in [0.5, 0.6) is 0 Å². The zero-order valence-corrected chi connectivity index (χ0v) is 19.1. The van der Waals surface area contributed by atoms with Crippen LogP contribution in [0.25, 0.3) is 10.2 Å². The van der Waals surface area contributed by atoms with Crippen molar-refractivity contribution >= 4 is 45.0 Å². The van der Waals surface area contributed by atoms with E-state index in [1.54, 1.807) is 29.2 Å². The number of hydrogen-bond donors (Lipinski definition) is 1. The van der Waals surface area contributed by atoms with Gasteiger partial charge in [-0.05, 0) is 48.6 Å². The van der Waals surface area contributed by atoms with Crippen LogP contribution in [0.3, 0.4) is 0 Å². The molecular weight excluding hydrogens is 448 g/mol. The van der Waals surface area contributed by atoms with Gasteiger partial charge in [0.05, 0.1) is 17.3 Å². The van der Waals surface area contributed by atoms with E-state index in [1.165, 1.54) is 24.5 Å². The number of thiazole rings is 1. The molecule has 1 aromatic heterocycles. The summed E-state index contributed by atoms with van der Waals surface area (Å²) in [7, 11) is 1.26. The van der Waals surface area contributed by atoms with Crippen molar-refractivity contribution in [1.29, 1.82) is 0 Å². The maximum atomic E-state index is 13.2. The topological polar surface area (TPSA) is 79.7 Å². The minimum atomic E-state index is -1.05. The molecule has 1 aliphatic rings. The van der Waals surface area contributed by atoms with Crippen molar-refractivity contribution in [2.45, 2.75) is 25.0 Å². The molecule has 1 N–H and O–H groups in total. The number of carbonyl (C=O) groups excluding carboxylic acids is 2. The van der Waals surface area contributed by atoms with Gasteiger partial charge in [0.15, 0.2) is 0 Å². The molecular formula is C24H23ClN2O4S. The zero-order chi connectivity index (χ0) is 22.7. The van der Waals surface area contributed by atoms with Crippen molar-refractivity contribution in [1.82, 2.24) is 9.88 Å². The number of fused-ring (bicyclic) bond motifs is 1. The number of esters is 1. The third-order valence-corrected chi connectivity index (χ3v) is 6.73. The van der Waals surface area contributed by atoms with Gasteiger partial charge in [-0.1, -0.05) is 35.9 Å². The first-order valence-corrected chi connectivity index (χ1v) is 11.5. The van der Waals surface area contributed by atoms with Crippen molar-refractivity contribution in [2.75, 3.05) is 13.7 Å². The lowest BCUT2D eigenvalue weighted by atomic mass is 10.0. The van der Waals surface area contributed by atoms with Crippen LogP contribution in [0, 0.1) is 5.92 Å². The Hall–Kier alpha value is -2.74. The second-order valence-corrected chi connectivity index (χ2v) is 9.25. The number of nitrogens with zero attached hydrogens (tertiary/aromatic N) is 2. The van der Waals surface area contributed by atoms with E-state index >= 15 is 0 Å². The van der Waals surface area contributed by atoms with Gasteiger partial charge in [0, 0.05) is 23.7 Å².